The molecule has 0 unspecified atom stereocenters. The Morgan fingerprint density at radius 3 is 2.27 bits per heavy atom. The molecule has 11 heavy (non-hydrogen) atoms. The molecule has 1 aliphatic rings. The predicted octanol–water partition coefficient (Wildman–Crippen LogP) is 1.24. The third-order valence-corrected chi connectivity index (χ3v) is 2.79. The first kappa shape index (κ1) is 9.01. The Balaban J connectivity index is 2.27. The van der Waals surface area contributed by atoms with Gasteiger partial charge >= 0.3 is 0 Å². The molecule has 0 spiro atoms. The lowest BCUT2D eigenvalue weighted by Crippen LogP contribution is -2.36. The van der Waals surface area contributed by atoms with Crippen molar-refractivity contribution >= 4 is 0 Å². The van der Waals surface area contributed by atoms with E-state index in [1.54, 1.807) is 0 Å². The Morgan fingerprint density at radius 1 is 1.27 bits per heavy atom. The first-order chi connectivity index (χ1) is 5.24. The number of hydrogen-bond donors (Lipinski definition) is 1. The van der Waals surface area contributed by atoms with E-state index in [2.05, 4.69) is 18.9 Å². The van der Waals surface area contributed by atoms with Crippen molar-refractivity contribution in [2.45, 2.75) is 44.8 Å². The van der Waals surface area contributed by atoms with Gasteiger partial charge in [0.25, 0.3) is 0 Å². The third kappa shape index (κ3) is 2.46. The highest BCUT2D eigenvalue weighted by molar-refractivity contribution is 4.76. The molecular weight excluding hydrogens is 138 g/mol. The topological polar surface area (TPSA) is 23.5 Å². The van der Waals surface area contributed by atoms with Crippen LogP contribution >= 0.6 is 0 Å². The highest BCUT2D eigenvalue weighted by Crippen LogP contribution is 2.21. The summed E-state index contributed by atoms with van der Waals surface area (Å²) in [7, 11) is 2.17. The molecule has 0 heterocycles. The Morgan fingerprint density at radius 2 is 1.82 bits per heavy atom. The highest BCUT2D eigenvalue weighted by atomic mass is 16.3. The van der Waals surface area contributed by atoms with E-state index in [0.717, 1.165) is 25.4 Å². The van der Waals surface area contributed by atoms with Crippen molar-refractivity contribution in [1.82, 2.24) is 4.90 Å². The van der Waals surface area contributed by atoms with Crippen LogP contribution in [-0.2, 0) is 0 Å². The van der Waals surface area contributed by atoms with Crippen LogP contribution in [0.4, 0.5) is 0 Å². The summed E-state index contributed by atoms with van der Waals surface area (Å²) in [6.07, 6.45) is 4.32. The summed E-state index contributed by atoms with van der Waals surface area (Å²) < 4.78 is 0. The van der Waals surface area contributed by atoms with E-state index in [1.807, 2.05) is 0 Å². The van der Waals surface area contributed by atoms with Gasteiger partial charge in [0.05, 0.1) is 6.10 Å². The average Bonchev–Trinajstić information content (AvgIpc) is 2.05. The van der Waals surface area contributed by atoms with Crippen LogP contribution in [0.25, 0.3) is 0 Å². The van der Waals surface area contributed by atoms with Gasteiger partial charge in [0, 0.05) is 6.04 Å². The van der Waals surface area contributed by atoms with Gasteiger partial charge < -0.3 is 10.0 Å². The summed E-state index contributed by atoms with van der Waals surface area (Å²) in [4.78, 5) is 2.38. The summed E-state index contributed by atoms with van der Waals surface area (Å²) in [5.41, 5.74) is 0. The SMILES string of the molecule is CCN(C)[C@H]1CC[C@H](O)CC1. The molecule has 0 amide bonds. The summed E-state index contributed by atoms with van der Waals surface area (Å²) in [6, 6.07) is 0.725. The van der Waals surface area contributed by atoms with E-state index < -0.39 is 0 Å². The minimum atomic E-state index is -0.0171. The maximum atomic E-state index is 9.26. The van der Waals surface area contributed by atoms with Gasteiger partial charge in [0.2, 0.25) is 0 Å². The minimum absolute atomic E-state index is 0.0171. The molecule has 66 valence electrons. The van der Waals surface area contributed by atoms with Crippen molar-refractivity contribution < 1.29 is 5.11 Å². The Labute approximate surface area is 69.2 Å². The van der Waals surface area contributed by atoms with E-state index in [4.69, 9.17) is 0 Å². The fraction of sp³-hybridized carbons (Fsp3) is 1.00. The van der Waals surface area contributed by atoms with Crippen molar-refractivity contribution in [2.24, 2.45) is 0 Å². The zero-order chi connectivity index (χ0) is 8.27. The van der Waals surface area contributed by atoms with Crippen LogP contribution < -0.4 is 0 Å². The zero-order valence-electron chi connectivity index (χ0n) is 7.58. The van der Waals surface area contributed by atoms with Crippen LogP contribution in [0.2, 0.25) is 0 Å². The summed E-state index contributed by atoms with van der Waals surface area (Å²) in [5, 5.41) is 9.26. The third-order valence-electron chi connectivity index (χ3n) is 2.79. The van der Waals surface area contributed by atoms with Gasteiger partial charge in [0.1, 0.15) is 0 Å². The molecule has 0 atom stereocenters. The van der Waals surface area contributed by atoms with Crippen LogP contribution in [0.15, 0.2) is 0 Å². The lowest BCUT2D eigenvalue weighted by Gasteiger charge is -2.32. The minimum Gasteiger partial charge on any atom is -0.393 e. The number of rotatable bonds is 2. The Hall–Kier alpha value is -0.0800. The number of hydrogen-bond acceptors (Lipinski definition) is 2. The normalized spacial score (nSPS) is 32.7. The van der Waals surface area contributed by atoms with Gasteiger partial charge in [-0.2, -0.15) is 0 Å². The fourth-order valence-corrected chi connectivity index (χ4v) is 1.76. The molecule has 1 rings (SSSR count). The quantitative estimate of drug-likeness (QED) is 0.652. The van der Waals surface area contributed by atoms with Gasteiger partial charge in [-0.25, -0.2) is 0 Å². The Kier molecular flexibility index (Phi) is 3.34. The molecule has 0 aromatic heterocycles. The van der Waals surface area contributed by atoms with Gasteiger partial charge in [-0.1, -0.05) is 6.92 Å². The summed E-state index contributed by atoms with van der Waals surface area (Å²) >= 11 is 0. The fourth-order valence-electron chi connectivity index (χ4n) is 1.76. The molecule has 1 aliphatic carbocycles. The standard InChI is InChI=1S/C9H19NO/c1-3-10(2)8-4-6-9(11)7-5-8/h8-9,11H,3-7H2,1-2H3/t8-,9-. The van der Waals surface area contributed by atoms with Crippen molar-refractivity contribution in [1.29, 1.82) is 0 Å². The smallest absolute Gasteiger partial charge is 0.0541 e. The largest absolute Gasteiger partial charge is 0.393 e. The van der Waals surface area contributed by atoms with E-state index >= 15 is 0 Å². The van der Waals surface area contributed by atoms with Gasteiger partial charge in [-0.05, 0) is 39.3 Å². The molecule has 0 aromatic carbocycles. The maximum absolute atomic E-state index is 9.26. The van der Waals surface area contributed by atoms with Crippen molar-refractivity contribution in [3.05, 3.63) is 0 Å². The van der Waals surface area contributed by atoms with Gasteiger partial charge in [-0.15, -0.1) is 0 Å². The van der Waals surface area contributed by atoms with Crippen LogP contribution in [0.5, 0.6) is 0 Å². The molecule has 0 aliphatic heterocycles. The molecule has 1 fully saturated rings. The average molecular weight is 157 g/mol. The van der Waals surface area contributed by atoms with Crippen LogP contribution in [0.3, 0.4) is 0 Å². The van der Waals surface area contributed by atoms with Crippen LogP contribution in [0.1, 0.15) is 32.6 Å². The second-order valence-corrected chi connectivity index (χ2v) is 3.54. The van der Waals surface area contributed by atoms with Gasteiger partial charge in [-0.3, -0.25) is 0 Å². The van der Waals surface area contributed by atoms with Crippen molar-refractivity contribution in [3.8, 4) is 0 Å². The molecule has 1 saturated carbocycles. The lowest BCUT2D eigenvalue weighted by atomic mass is 9.92. The van der Waals surface area contributed by atoms with E-state index in [-0.39, 0.29) is 6.10 Å². The second kappa shape index (κ2) is 4.07. The highest BCUT2D eigenvalue weighted by Gasteiger charge is 2.21. The van der Waals surface area contributed by atoms with E-state index in [9.17, 15) is 5.11 Å². The number of aliphatic hydroxyl groups excluding tert-OH is 1. The molecule has 0 radical (unpaired) electrons. The molecule has 0 saturated heterocycles. The Bertz CT molecular complexity index is 108. The number of nitrogens with zero attached hydrogens (tertiary/aromatic N) is 1. The van der Waals surface area contributed by atoms with Gasteiger partial charge in [0.15, 0.2) is 0 Å². The molecule has 2 nitrogen and oxygen atoms in total. The molecule has 0 aromatic rings. The molecule has 0 bridgehead atoms. The second-order valence-electron chi connectivity index (χ2n) is 3.54. The number of aliphatic hydroxyl groups is 1. The van der Waals surface area contributed by atoms with E-state index in [0.29, 0.717) is 0 Å². The maximum Gasteiger partial charge on any atom is 0.0541 e. The summed E-state index contributed by atoms with van der Waals surface area (Å²) in [6.45, 7) is 3.31. The van der Waals surface area contributed by atoms with E-state index in [1.165, 1.54) is 12.8 Å². The molecular formula is C9H19NO. The summed E-state index contributed by atoms with van der Waals surface area (Å²) in [5.74, 6) is 0. The van der Waals surface area contributed by atoms with Crippen molar-refractivity contribution in [3.63, 3.8) is 0 Å². The van der Waals surface area contributed by atoms with Crippen molar-refractivity contribution in [2.75, 3.05) is 13.6 Å². The van der Waals surface area contributed by atoms with Crippen LogP contribution in [0, 0.1) is 0 Å². The zero-order valence-corrected chi connectivity index (χ0v) is 7.58. The van der Waals surface area contributed by atoms with Crippen LogP contribution in [-0.4, -0.2) is 35.7 Å². The molecule has 1 N–H and O–H groups in total. The lowest BCUT2D eigenvalue weighted by molar-refractivity contribution is 0.0862. The first-order valence-corrected chi connectivity index (χ1v) is 4.62. The predicted molar refractivity (Wildman–Crippen MR) is 46.6 cm³/mol. The monoisotopic (exact) mass is 157 g/mol. The molecule has 2 heteroatoms. The first-order valence-electron chi connectivity index (χ1n) is 4.62.